The summed E-state index contributed by atoms with van der Waals surface area (Å²) in [5.74, 6) is -1.42. The SMILES string of the molecule is C=C(C)C(=O)CCCCN(Cc1ccccc1B(O)O)Cc1c2ccccc2c(CN(CCCNC(=O)C(=C)C)Cc2ccccc2B(O)O)c2ccc(C(=O)NCc3ccc(C(C=CC4=[N+](CCCS(=O)(=O)O)c5ccccc5C4(C)C)=CC=C4N(CCCS(=O)(=O)O)c5ccccc5C4(C)C)cc3)cc12. The van der Waals surface area contributed by atoms with Crippen molar-refractivity contribution < 1.29 is 65.0 Å². The molecule has 19 nitrogen and oxygen atoms in total. The maximum atomic E-state index is 15.0. The highest BCUT2D eigenvalue weighted by Crippen LogP contribution is 2.48. The molecule has 2 amide bonds. The molecule has 0 aliphatic carbocycles. The third-order valence-electron chi connectivity index (χ3n) is 20.4. The third-order valence-corrected chi connectivity index (χ3v) is 22.0. The van der Waals surface area contributed by atoms with Crippen LogP contribution in [0.5, 0.6) is 0 Å². The normalized spacial score (nSPS) is 14.5. The van der Waals surface area contributed by atoms with Crippen molar-refractivity contribution in [3.05, 3.63) is 268 Å². The molecule has 0 unspecified atom stereocenters. The largest absolute Gasteiger partial charge is 0.488 e. The van der Waals surface area contributed by atoms with E-state index in [-0.39, 0.29) is 37.0 Å². The topological polar surface area (TPSA) is 278 Å². The monoisotopic (exact) mass is 1480 g/mol. The van der Waals surface area contributed by atoms with Gasteiger partial charge >= 0.3 is 14.2 Å². The van der Waals surface area contributed by atoms with Crippen molar-refractivity contribution in [2.75, 3.05) is 49.1 Å². The van der Waals surface area contributed by atoms with Gasteiger partial charge in [-0.2, -0.15) is 21.4 Å². The Labute approximate surface area is 629 Å². The molecule has 8 aromatic rings. The van der Waals surface area contributed by atoms with Crippen LogP contribution < -0.4 is 26.5 Å². The predicted octanol–water partition coefficient (Wildman–Crippen LogP) is 10.9. The van der Waals surface area contributed by atoms with Crippen LogP contribution in [-0.2, 0) is 73.4 Å². The first-order chi connectivity index (χ1) is 50.9. The molecule has 0 aromatic heterocycles. The molecule has 558 valence electrons. The lowest BCUT2D eigenvalue weighted by molar-refractivity contribution is -0.437. The lowest BCUT2D eigenvalue weighted by atomic mass is 9.77. The molecule has 10 rings (SSSR count). The number of fused-ring (bicyclic) bond motifs is 4. The number of para-hydroxylation sites is 2. The van der Waals surface area contributed by atoms with Gasteiger partial charge in [0.05, 0.1) is 16.9 Å². The van der Waals surface area contributed by atoms with E-state index in [1.54, 1.807) is 38.1 Å². The molecular weight excluding hydrogens is 1390 g/mol. The lowest BCUT2D eigenvalue weighted by Crippen LogP contribution is -2.36. The van der Waals surface area contributed by atoms with E-state index in [9.17, 15) is 55.6 Å². The number of carbonyl (C=O) groups is 3. The number of rotatable bonds is 36. The van der Waals surface area contributed by atoms with Crippen molar-refractivity contribution in [3.63, 3.8) is 0 Å². The minimum Gasteiger partial charge on any atom is -0.423 e. The van der Waals surface area contributed by atoms with Crippen molar-refractivity contribution in [1.29, 1.82) is 0 Å². The zero-order valence-electron chi connectivity index (χ0n) is 61.8. The Morgan fingerprint density at radius 2 is 1.12 bits per heavy atom. The van der Waals surface area contributed by atoms with Gasteiger partial charge in [-0.1, -0.05) is 173 Å². The van der Waals surface area contributed by atoms with Crippen LogP contribution in [0.1, 0.15) is 135 Å². The van der Waals surface area contributed by atoms with E-state index in [0.717, 1.165) is 83.3 Å². The summed E-state index contributed by atoms with van der Waals surface area (Å²) in [7, 11) is -11.9. The molecule has 0 fully saturated rings. The number of Topliss-reactive ketones (excluding diaryl/α,β-unsaturated/α-hetero) is 1. The molecule has 0 radical (unpaired) electrons. The average Bonchev–Trinajstić information content (AvgIpc) is 1.74. The Balaban J connectivity index is 1.03. The van der Waals surface area contributed by atoms with Gasteiger partial charge in [0.2, 0.25) is 11.6 Å². The van der Waals surface area contributed by atoms with Gasteiger partial charge in [0.25, 0.3) is 26.1 Å². The summed E-state index contributed by atoms with van der Waals surface area (Å²) in [4.78, 5) is 47.1. The molecule has 107 heavy (non-hydrogen) atoms. The predicted molar refractivity (Wildman–Crippen MR) is 429 cm³/mol. The van der Waals surface area contributed by atoms with Gasteiger partial charge in [-0.15, -0.1) is 0 Å². The summed E-state index contributed by atoms with van der Waals surface area (Å²) < 4.78 is 69.7. The second-order valence-corrected chi connectivity index (χ2v) is 32.2. The quantitative estimate of drug-likeness (QED) is 0.00345. The molecule has 0 saturated carbocycles. The number of nitrogens with one attached hydrogen (secondary N) is 2. The molecule has 2 aliphatic heterocycles. The van der Waals surface area contributed by atoms with Crippen molar-refractivity contribution in [1.82, 2.24) is 20.4 Å². The molecule has 23 heteroatoms. The minimum atomic E-state index is -4.23. The fourth-order valence-corrected chi connectivity index (χ4v) is 15.8. The second kappa shape index (κ2) is 35.2. The van der Waals surface area contributed by atoms with Gasteiger partial charge in [-0.3, -0.25) is 33.3 Å². The number of hydrogen-bond acceptors (Lipinski definition) is 14. The Kier molecular flexibility index (Phi) is 26.4. The third kappa shape index (κ3) is 20.1. The van der Waals surface area contributed by atoms with Crippen molar-refractivity contribution >= 4 is 107 Å². The van der Waals surface area contributed by atoms with Crippen LogP contribution in [0.25, 0.3) is 27.1 Å². The van der Waals surface area contributed by atoms with Gasteiger partial charge < -0.3 is 35.6 Å². The number of ketones is 1. The van der Waals surface area contributed by atoms with Crippen LogP contribution in [0.3, 0.4) is 0 Å². The van der Waals surface area contributed by atoms with E-state index in [2.05, 4.69) is 107 Å². The van der Waals surface area contributed by atoms with Crippen LogP contribution in [0.15, 0.2) is 218 Å². The van der Waals surface area contributed by atoms with E-state index in [4.69, 9.17) is 0 Å². The maximum absolute atomic E-state index is 15.0. The Hall–Kier alpha value is -9.23. The fraction of sp³-hybridized carbons (Fsp3) is 0.310. The highest BCUT2D eigenvalue weighted by atomic mass is 32.2. The first-order valence-electron chi connectivity index (χ1n) is 36.3. The van der Waals surface area contributed by atoms with E-state index in [1.807, 2.05) is 127 Å². The average molecular weight is 1480 g/mol. The molecular formula is C84H97B2N6O13S2+. The number of amides is 2. The first-order valence-corrected chi connectivity index (χ1v) is 39.5. The highest BCUT2D eigenvalue weighted by molar-refractivity contribution is 7.86. The summed E-state index contributed by atoms with van der Waals surface area (Å²) in [6, 6.07) is 52.1. The van der Waals surface area contributed by atoms with Gasteiger partial charge in [0.1, 0.15) is 6.54 Å². The van der Waals surface area contributed by atoms with E-state index < -0.39 is 56.8 Å². The summed E-state index contributed by atoms with van der Waals surface area (Å²) >= 11 is 0. The molecule has 8 aromatic carbocycles. The van der Waals surface area contributed by atoms with Crippen LogP contribution in [0.2, 0.25) is 0 Å². The van der Waals surface area contributed by atoms with Gasteiger partial charge in [0.15, 0.2) is 11.5 Å². The highest BCUT2D eigenvalue weighted by Gasteiger charge is 2.44. The smallest absolute Gasteiger partial charge is 0.423 e. The van der Waals surface area contributed by atoms with Crippen molar-refractivity contribution in [2.24, 2.45) is 0 Å². The number of carbonyl (C=O) groups excluding carboxylic acids is 3. The number of allylic oxidation sites excluding steroid dienone is 7. The van der Waals surface area contributed by atoms with E-state index in [1.165, 1.54) is 0 Å². The molecule has 0 atom stereocenters. The summed E-state index contributed by atoms with van der Waals surface area (Å²) in [6.45, 7) is 23.0. The number of benzene rings is 8. The van der Waals surface area contributed by atoms with Crippen molar-refractivity contribution in [3.8, 4) is 0 Å². The summed E-state index contributed by atoms with van der Waals surface area (Å²) in [6.07, 6.45) is 10.6. The van der Waals surface area contributed by atoms with Crippen LogP contribution >= 0.6 is 0 Å². The van der Waals surface area contributed by atoms with Crippen LogP contribution in [-0.4, -0.2) is 142 Å². The van der Waals surface area contributed by atoms with Gasteiger partial charge in [-0.05, 0) is 173 Å². The lowest BCUT2D eigenvalue weighted by Gasteiger charge is -2.28. The van der Waals surface area contributed by atoms with Crippen molar-refractivity contribution in [2.45, 2.75) is 124 Å². The Bertz CT molecular complexity index is 5030. The molecule has 0 spiro atoms. The number of anilines is 1. The zero-order chi connectivity index (χ0) is 77.0. The standard InChI is InChI=1S/C84H96B2N6O13S2/c1-58(2)78(93)34-19-20-46-89(54-64-24-9-15-30-74(64)85(96)97)57-71-67-27-12-11-26-66(67)70(56-90(47-21-45-87-81(94)59(3)4)55-65-25-10-16-31-75(65)86(98)99)68-42-39-63(52-69(68)71)82(95)88-53-60-35-37-61(38-36-60)62(40-43-79-83(5,6)72-28-13-17-32-76(72)91(79)48-22-50-106(100,101)102)41-44-80-84(7,8)73-29-14-18-33-77(73)92(80)49-23-51-107(103,104)105/h9-18,24-33,35-44,52,96-99H,1,3,19-23,34,45-51,53-57H2,2,4-8H3,(H3-,87,88,94,95,100,101,102,103,104,105)/p+1. The van der Waals surface area contributed by atoms with Crippen LogP contribution in [0, 0.1) is 0 Å². The Morgan fingerprint density at radius 3 is 1.73 bits per heavy atom. The molecule has 2 aliphatic rings. The van der Waals surface area contributed by atoms with E-state index >= 15 is 4.79 Å². The number of unbranched alkanes of at least 4 members (excludes halogenated alkanes) is 1. The molecule has 8 N–H and O–H groups in total. The van der Waals surface area contributed by atoms with E-state index in [0.29, 0.717) is 123 Å². The Morgan fingerprint density at radius 1 is 0.579 bits per heavy atom. The van der Waals surface area contributed by atoms with Gasteiger partial charge in [-0.25, -0.2) is 0 Å². The zero-order valence-corrected chi connectivity index (χ0v) is 63.5. The fourth-order valence-electron chi connectivity index (χ4n) is 14.8. The first kappa shape index (κ1) is 80.3. The molecule has 0 bridgehead atoms. The molecule has 0 saturated heterocycles. The minimum absolute atomic E-state index is 0.0126. The summed E-state index contributed by atoms with van der Waals surface area (Å²) in [5, 5.41) is 52.1. The van der Waals surface area contributed by atoms with Gasteiger partial charge in [0, 0.05) is 111 Å². The van der Waals surface area contributed by atoms with Crippen LogP contribution in [0.4, 0.5) is 11.4 Å². The number of nitrogens with zero attached hydrogens (tertiary/aromatic N) is 4. The second-order valence-electron chi connectivity index (χ2n) is 29.0. The maximum Gasteiger partial charge on any atom is 0.488 e. The number of hydrogen-bond donors (Lipinski definition) is 8. The summed E-state index contributed by atoms with van der Waals surface area (Å²) in [5.41, 5.74) is 12.4. The molecule has 2 heterocycles.